The van der Waals surface area contributed by atoms with Crippen LogP contribution in [0.1, 0.15) is 63.4 Å². The third kappa shape index (κ3) is 2.36. The molecule has 1 aromatic heterocycles. The Hall–Kier alpha value is -0.920. The Bertz CT molecular complexity index is 333. The molecule has 1 aliphatic carbocycles. The topological polar surface area (TPSA) is 25.8 Å². The number of aromatic nitrogens is 2. The third-order valence-corrected chi connectivity index (χ3v) is 3.35. The molecule has 0 spiro atoms. The zero-order chi connectivity index (χ0) is 10.8. The van der Waals surface area contributed by atoms with Crippen molar-refractivity contribution in [3.05, 3.63) is 23.8 Å². The van der Waals surface area contributed by atoms with Gasteiger partial charge in [-0.2, -0.15) is 0 Å². The van der Waals surface area contributed by atoms with Gasteiger partial charge in [-0.05, 0) is 37.2 Å². The molecular formula is C13H20N2. The molecule has 0 radical (unpaired) electrons. The highest BCUT2D eigenvalue weighted by Gasteiger charge is 2.25. The van der Waals surface area contributed by atoms with Crippen LogP contribution >= 0.6 is 0 Å². The maximum atomic E-state index is 4.68. The highest BCUT2D eigenvalue weighted by Crippen LogP contribution is 2.36. The monoisotopic (exact) mass is 204 g/mol. The summed E-state index contributed by atoms with van der Waals surface area (Å²) in [7, 11) is 0. The van der Waals surface area contributed by atoms with Crippen molar-refractivity contribution >= 4 is 0 Å². The van der Waals surface area contributed by atoms with Crippen LogP contribution in [-0.2, 0) is 0 Å². The molecular weight excluding hydrogens is 184 g/mol. The van der Waals surface area contributed by atoms with E-state index < -0.39 is 0 Å². The Morgan fingerprint density at radius 1 is 1.33 bits per heavy atom. The molecule has 82 valence electrons. The zero-order valence-electron chi connectivity index (χ0n) is 9.90. The summed E-state index contributed by atoms with van der Waals surface area (Å²) in [5, 5.41) is 0. The predicted octanol–water partition coefficient (Wildman–Crippen LogP) is 3.50. The lowest BCUT2D eigenvalue weighted by Crippen LogP contribution is -2.04. The largest absolute Gasteiger partial charge is 0.241 e. The Kier molecular flexibility index (Phi) is 3.03. The van der Waals surface area contributed by atoms with Crippen LogP contribution in [0, 0.1) is 5.92 Å². The summed E-state index contributed by atoms with van der Waals surface area (Å²) in [6, 6.07) is 2.03. The first kappa shape index (κ1) is 10.6. The number of rotatable bonds is 2. The molecule has 0 amide bonds. The van der Waals surface area contributed by atoms with Crippen molar-refractivity contribution in [3.63, 3.8) is 0 Å². The van der Waals surface area contributed by atoms with Gasteiger partial charge in [-0.3, -0.25) is 0 Å². The van der Waals surface area contributed by atoms with E-state index in [4.69, 9.17) is 0 Å². The molecule has 2 rings (SSSR count). The van der Waals surface area contributed by atoms with Gasteiger partial charge in [0.2, 0.25) is 0 Å². The molecule has 2 unspecified atom stereocenters. The van der Waals surface area contributed by atoms with Crippen molar-refractivity contribution in [2.75, 3.05) is 0 Å². The molecule has 0 aromatic carbocycles. The quantitative estimate of drug-likeness (QED) is 0.736. The van der Waals surface area contributed by atoms with Gasteiger partial charge in [-0.25, -0.2) is 9.97 Å². The van der Waals surface area contributed by atoms with Gasteiger partial charge in [0.15, 0.2) is 0 Å². The Labute approximate surface area is 92.1 Å². The van der Waals surface area contributed by atoms with Crippen LogP contribution in [0.15, 0.2) is 12.3 Å². The summed E-state index contributed by atoms with van der Waals surface area (Å²) in [6.07, 6.45) is 5.78. The van der Waals surface area contributed by atoms with Crippen LogP contribution in [0.3, 0.4) is 0 Å². The van der Waals surface area contributed by atoms with Gasteiger partial charge < -0.3 is 0 Å². The lowest BCUT2D eigenvalue weighted by molar-refractivity contribution is 0.582. The van der Waals surface area contributed by atoms with Gasteiger partial charge in [-0.15, -0.1) is 0 Å². The van der Waals surface area contributed by atoms with E-state index in [9.17, 15) is 0 Å². The van der Waals surface area contributed by atoms with Crippen LogP contribution < -0.4 is 0 Å². The van der Waals surface area contributed by atoms with E-state index in [1.807, 2.05) is 12.3 Å². The standard InChI is InChI=1S/C13H20N2/c1-9(2)12-6-7-14-13(15-12)11-5-4-10(3)8-11/h6-7,9-11H,4-5,8H2,1-3H3. The Morgan fingerprint density at radius 2 is 2.13 bits per heavy atom. The lowest BCUT2D eigenvalue weighted by atomic mass is 10.0. The average Bonchev–Trinajstić information content (AvgIpc) is 2.65. The van der Waals surface area contributed by atoms with Gasteiger partial charge in [0.25, 0.3) is 0 Å². The highest BCUT2D eigenvalue weighted by atomic mass is 14.9. The first-order valence-corrected chi connectivity index (χ1v) is 5.99. The van der Waals surface area contributed by atoms with Crippen LogP contribution in [0.5, 0.6) is 0 Å². The van der Waals surface area contributed by atoms with Crippen molar-refractivity contribution in [2.45, 2.75) is 51.9 Å². The van der Waals surface area contributed by atoms with Gasteiger partial charge in [0.1, 0.15) is 5.82 Å². The van der Waals surface area contributed by atoms with E-state index in [0.717, 1.165) is 11.7 Å². The van der Waals surface area contributed by atoms with Gasteiger partial charge in [0.05, 0.1) is 0 Å². The molecule has 1 heterocycles. The molecule has 1 saturated carbocycles. The fourth-order valence-electron chi connectivity index (χ4n) is 2.35. The van der Waals surface area contributed by atoms with Crippen molar-refractivity contribution in [3.8, 4) is 0 Å². The SMILES string of the molecule is CC1CCC(c2nccc(C(C)C)n2)C1. The van der Waals surface area contributed by atoms with E-state index in [-0.39, 0.29) is 0 Å². The maximum Gasteiger partial charge on any atom is 0.131 e. The molecule has 2 nitrogen and oxygen atoms in total. The summed E-state index contributed by atoms with van der Waals surface area (Å²) in [5.74, 6) is 3.04. The minimum absolute atomic E-state index is 0.505. The van der Waals surface area contributed by atoms with E-state index in [0.29, 0.717) is 11.8 Å². The summed E-state index contributed by atoms with van der Waals surface area (Å²) >= 11 is 0. The highest BCUT2D eigenvalue weighted by molar-refractivity contribution is 5.10. The zero-order valence-corrected chi connectivity index (χ0v) is 9.90. The lowest BCUT2D eigenvalue weighted by Gasteiger charge is -2.10. The second kappa shape index (κ2) is 4.30. The molecule has 1 aliphatic rings. The Morgan fingerprint density at radius 3 is 2.73 bits per heavy atom. The molecule has 1 aromatic rings. The van der Waals surface area contributed by atoms with Crippen LogP contribution in [0.25, 0.3) is 0 Å². The normalized spacial score (nSPS) is 26.1. The summed E-state index contributed by atoms with van der Waals surface area (Å²) in [4.78, 5) is 9.10. The smallest absolute Gasteiger partial charge is 0.131 e. The van der Waals surface area contributed by atoms with Gasteiger partial charge in [0, 0.05) is 17.8 Å². The van der Waals surface area contributed by atoms with E-state index in [1.165, 1.54) is 25.0 Å². The van der Waals surface area contributed by atoms with E-state index in [1.54, 1.807) is 0 Å². The summed E-state index contributed by atoms with van der Waals surface area (Å²) in [6.45, 7) is 6.69. The van der Waals surface area contributed by atoms with Crippen LogP contribution in [0.4, 0.5) is 0 Å². The van der Waals surface area contributed by atoms with Crippen molar-refractivity contribution in [1.82, 2.24) is 9.97 Å². The van der Waals surface area contributed by atoms with Crippen molar-refractivity contribution < 1.29 is 0 Å². The van der Waals surface area contributed by atoms with Crippen molar-refractivity contribution in [1.29, 1.82) is 0 Å². The van der Waals surface area contributed by atoms with Crippen LogP contribution in [-0.4, -0.2) is 9.97 Å². The first-order chi connectivity index (χ1) is 7.16. The summed E-state index contributed by atoms with van der Waals surface area (Å²) in [5.41, 5.74) is 1.18. The molecule has 15 heavy (non-hydrogen) atoms. The molecule has 0 bridgehead atoms. The maximum absolute atomic E-state index is 4.68. The predicted molar refractivity (Wildman–Crippen MR) is 61.9 cm³/mol. The van der Waals surface area contributed by atoms with Crippen LogP contribution in [0.2, 0.25) is 0 Å². The second-order valence-corrected chi connectivity index (χ2v) is 5.11. The van der Waals surface area contributed by atoms with Gasteiger partial charge in [-0.1, -0.05) is 20.8 Å². The third-order valence-electron chi connectivity index (χ3n) is 3.35. The molecule has 1 fully saturated rings. The molecule has 0 saturated heterocycles. The fraction of sp³-hybridized carbons (Fsp3) is 0.692. The second-order valence-electron chi connectivity index (χ2n) is 5.11. The first-order valence-electron chi connectivity index (χ1n) is 5.99. The molecule has 2 heteroatoms. The minimum atomic E-state index is 0.505. The number of hydrogen-bond acceptors (Lipinski definition) is 2. The molecule has 2 atom stereocenters. The van der Waals surface area contributed by atoms with Gasteiger partial charge >= 0.3 is 0 Å². The molecule has 0 aliphatic heterocycles. The van der Waals surface area contributed by atoms with Crippen molar-refractivity contribution in [2.24, 2.45) is 5.92 Å². The molecule has 0 N–H and O–H groups in total. The fourth-order valence-corrected chi connectivity index (χ4v) is 2.35. The van der Waals surface area contributed by atoms with E-state index >= 15 is 0 Å². The minimum Gasteiger partial charge on any atom is -0.241 e. The number of hydrogen-bond donors (Lipinski definition) is 0. The number of nitrogens with zero attached hydrogens (tertiary/aromatic N) is 2. The Balaban J connectivity index is 2.18. The summed E-state index contributed by atoms with van der Waals surface area (Å²) < 4.78 is 0. The van der Waals surface area contributed by atoms with E-state index in [2.05, 4.69) is 30.7 Å². The average molecular weight is 204 g/mol.